The van der Waals surface area contributed by atoms with Crippen molar-refractivity contribution >= 4 is 11.6 Å². The molecule has 0 aromatic carbocycles. The van der Waals surface area contributed by atoms with Gasteiger partial charge < -0.3 is 14.3 Å². The first-order valence-corrected chi connectivity index (χ1v) is 5.55. The van der Waals surface area contributed by atoms with Gasteiger partial charge in [0.2, 0.25) is 5.76 Å². The molecule has 0 aliphatic rings. The molecule has 0 aliphatic carbocycles. The Bertz CT molecular complexity index is 674. The van der Waals surface area contributed by atoms with Crippen molar-refractivity contribution in [2.24, 2.45) is 0 Å². The van der Waals surface area contributed by atoms with Crippen LogP contribution in [0.4, 0.5) is 5.69 Å². The second-order valence-electron chi connectivity index (χ2n) is 3.74. The van der Waals surface area contributed by atoms with E-state index >= 15 is 0 Å². The normalized spacial score (nSPS) is 10.3. The number of pyridine rings is 1. The molecule has 3 heterocycles. The number of furan rings is 1. The van der Waals surface area contributed by atoms with Crippen molar-refractivity contribution in [1.29, 1.82) is 0 Å². The summed E-state index contributed by atoms with van der Waals surface area (Å²) < 4.78 is 10.2. The van der Waals surface area contributed by atoms with Crippen molar-refractivity contribution in [3.63, 3.8) is 0 Å². The quantitative estimate of drug-likeness (QED) is 0.777. The van der Waals surface area contributed by atoms with Gasteiger partial charge in [-0.25, -0.2) is 0 Å². The molecule has 94 valence electrons. The number of anilines is 1. The van der Waals surface area contributed by atoms with Crippen LogP contribution in [0, 0.1) is 0 Å². The smallest absolute Gasteiger partial charge is 0.277 e. The lowest BCUT2D eigenvalue weighted by molar-refractivity contribution is 0.101. The predicted molar refractivity (Wildman–Crippen MR) is 66.4 cm³/mol. The summed E-state index contributed by atoms with van der Waals surface area (Å²) in [6.45, 7) is 0. The van der Waals surface area contributed by atoms with E-state index in [1.165, 1.54) is 12.3 Å². The van der Waals surface area contributed by atoms with Gasteiger partial charge in [0.15, 0.2) is 11.5 Å². The van der Waals surface area contributed by atoms with E-state index in [-0.39, 0.29) is 11.6 Å². The summed E-state index contributed by atoms with van der Waals surface area (Å²) in [5.41, 5.74) is 0.825. The van der Waals surface area contributed by atoms with Gasteiger partial charge in [-0.15, -0.1) is 0 Å². The summed E-state index contributed by atoms with van der Waals surface area (Å²) in [5, 5.41) is 6.39. The third-order valence-electron chi connectivity index (χ3n) is 2.45. The predicted octanol–water partition coefficient (Wildman–Crippen LogP) is 2.58. The number of rotatable bonds is 3. The molecule has 0 radical (unpaired) electrons. The van der Waals surface area contributed by atoms with Crippen LogP contribution in [-0.2, 0) is 0 Å². The lowest BCUT2D eigenvalue weighted by Crippen LogP contribution is -2.11. The van der Waals surface area contributed by atoms with Crippen molar-refractivity contribution in [2.75, 3.05) is 5.32 Å². The van der Waals surface area contributed by atoms with Gasteiger partial charge in [0, 0.05) is 24.1 Å². The average molecular weight is 255 g/mol. The standard InChI is InChI=1S/C13H9N3O3/c17-13(15-9-3-5-14-6-4-9)10-8-12(19-16-10)11-2-1-7-18-11/h1-8H,(H,14,15,17). The molecule has 1 N–H and O–H groups in total. The number of carbonyl (C=O) groups excluding carboxylic acids is 1. The van der Waals surface area contributed by atoms with Gasteiger partial charge in [0.05, 0.1) is 6.26 Å². The first-order chi connectivity index (χ1) is 9.33. The molecule has 0 saturated carbocycles. The fraction of sp³-hybridized carbons (Fsp3) is 0. The summed E-state index contributed by atoms with van der Waals surface area (Å²) in [6, 6.07) is 8.35. The van der Waals surface area contributed by atoms with Crippen LogP contribution in [0.2, 0.25) is 0 Å². The third kappa shape index (κ3) is 2.37. The molecule has 0 spiro atoms. The number of nitrogens with one attached hydrogen (secondary N) is 1. The van der Waals surface area contributed by atoms with E-state index in [4.69, 9.17) is 8.94 Å². The Morgan fingerprint density at radius 1 is 1.16 bits per heavy atom. The molecule has 6 heteroatoms. The molecule has 3 aromatic heterocycles. The topological polar surface area (TPSA) is 81.2 Å². The zero-order valence-corrected chi connectivity index (χ0v) is 9.74. The van der Waals surface area contributed by atoms with Gasteiger partial charge in [-0.3, -0.25) is 9.78 Å². The zero-order valence-electron chi connectivity index (χ0n) is 9.74. The Kier molecular flexibility index (Phi) is 2.82. The minimum atomic E-state index is -0.354. The van der Waals surface area contributed by atoms with Crippen molar-refractivity contribution in [3.8, 4) is 11.5 Å². The number of nitrogens with zero attached hydrogens (tertiary/aromatic N) is 2. The molecule has 3 aromatic rings. The Morgan fingerprint density at radius 2 is 2.00 bits per heavy atom. The van der Waals surface area contributed by atoms with Gasteiger partial charge >= 0.3 is 0 Å². The molecule has 0 bridgehead atoms. The second kappa shape index (κ2) is 4.77. The summed E-state index contributed by atoms with van der Waals surface area (Å²) in [7, 11) is 0. The van der Waals surface area contributed by atoms with Crippen LogP contribution in [0.1, 0.15) is 10.5 Å². The highest BCUT2D eigenvalue weighted by molar-refractivity contribution is 6.03. The maximum absolute atomic E-state index is 11.9. The number of hydrogen-bond donors (Lipinski definition) is 1. The van der Waals surface area contributed by atoms with Crippen molar-refractivity contribution in [3.05, 3.63) is 54.7 Å². The van der Waals surface area contributed by atoms with E-state index in [9.17, 15) is 4.79 Å². The van der Waals surface area contributed by atoms with Crippen LogP contribution in [0.25, 0.3) is 11.5 Å². The maximum Gasteiger partial charge on any atom is 0.277 e. The molecule has 6 nitrogen and oxygen atoms in total. The minimum absolute atomic E-state index is 0.184. The first kappa shape index (κ1) is 11.2. The largest absolute Gasteiger partial charge is 0.461 e. The molecule has 0 saturated heterocycles. The molecule has 1 amide bonds. The van der Waals surface area contributed by atoms with E-state index in [1.54, 1.807) is 36.7 Å². The molecule has 0 atom stereocenters. The Labute approximate surface area is 108 Å². The number of carbonyl (C=O) groups is 1. The summed E-state index contributed by atoms with van der Waals surface area (Å²) in [4.78, 5) is 15.8. The van der Waals surface area contributed by atoms with Crippen molar-refractivity contribution in [1.82, 2.24) is 10.1 Å². The lowest BCUT2D eigenvalue weighted by atomic mass is 10.3. The van der Waals surface area contributed by atoms with Crippen LogP contribution < -0.4 is 5.32 Å². The second-order valence-corrected chi connectivity index (χ2v) is 3.74. The Morgan fingerprint density at radius 3 is 2.74 bits per heavy atom. The number of hydrogen-bond acceptors (Lipinski definition) is 5. The van der Waals surface area contributed by atoms with Crippen molar-refractivity contribution < 1.29 is 13.7 Å². The van der Waals surface area contributed by atoms with Gasteiger partial charge in [-0.05, 0) is 24.3 Å². The van der Waals surface area contributed by atoms with E-state index in [2.05, 4.69) is 15.5 Å². The lowest BCUT2D eigenvalue weighted by Gasteiger charge is -2.00. The monoisotopic (exact) mass is 255 g/mol. The highest BCUT2D eigenvalue weighted by Gasteiger charge is 2.15. The summed E-state index contributed by atoms with van der Waals surface area (Å²) in [5.74, 6) is 0.577. The third-order valence-corrected chi connectivity index (χ3v) is 2.45. The zero-order chi connectivity index (χ0) is 13.1. The number of amides is 1. The maximum atomic E-state index is 11.9. The molecule has 0 fully saturated rings. The Balaban J connectivity index is 1.78. The van der Waals surface area contributed by atoms with Gasteiger partial charge in [0.25, 0.3) is 5.91 Å². The minimum Gasteiger partial charge on any atom is -0.461 e. The van der Waals surface area contributed by atoms with Gasteiger partial charge in [-0.1, -0.05) is 5.16 Å². The van der Waals surface area contributed by atoms with Gasteiger partial charge in [-0.2, -0.15) is 0 Å². The summed E-state index contributed by atoms with van der Waals surface area (Å²) in [6.07, 6.45) is 4.70. The molecule has 0 aliphatic heterocycles. The van der Waals surface area contributed by atoms with E-state index < -0.39 is 0 Å². The van der Waals surface area contributed by atoms with Crippen LogP contribution in [-0.4, -0.2) is 16.0 Å². The van der Waals surface area contributed by atoms with Crippen molar-refractivity contribution in [2.45, 2.75) is 0 Å². The fourth-order valence-electron chi connectivity index (χ4n) is 1.55. The van der Waals surface area contributed by atoms with Crippen LogP contribution >= 0.6 is 0 Å². The highest BCUT2D eigenvalue weighted by atomic mass is 16.5. The molecule has 3 rings (SSSR count). The average Bonchev–Trinajstić information content (AvgIpc) is 3.11. The fourth-order valence-corrected chi connectivity index (χ4v) is 1.55. The van der Waals surface area contributed by atoms with E-state index in [0.717, 1.165) is 0 Å². The summed E-state index contributed by atoms with van der Waals surface area (Å²) >= 11 is 0. The van der Waals surface area contributed by atoms with Crippen LogP contribution in [0.3, 0.4) is 0 Å². The molecular formula is C13H9N3O3. The van der Waals surface area contributed by atoms with Crippen LogP contribution in [0.15, 0.2) is 57.9 Å². The Hall–Kier alpha value is -2.89. The van der Waals surface area contributed by atoms with E-state index in [1.807, 2.05) is 0 Å². The van der Waals surface area contributed by atoms with E-state index in [0.29, 0.717) is 17.2 Å². The molecule has 0 unspecified atom stereocenters. The highest BCUT2D eigenvalue weighted by Crippen LogP contribution is 2.20. The van der Waals surface area contributed by atoms with Gasteiger partial charge in [0.1, 0.15) is 0 Å². The SMILES string of the molecule is O=C(Nc1ccncc1)c1cc(-c2ccco2)on1. The first-order valence-electron chi connectivity index (χ1n) is 5.55. The molecule has 19 heavy (non-hydrogen) atoms. The number of aromatic nitrogens is 2. The van der Waals surface area contributed by atoms with Crippen LogP contribution in [0.5, 0.6) is 0 Å². The molecular weight excluding hydrogens is 246 g/mol.